The van der Waals surface area contributed by atoms with E-state index >= 15 is 0 Å². The Bertz CT molecular complexity index is 1360. The summed E-state index contributed by atoms with van der Waals surface area (Å²) in [5.41, 5.74) is 4.58. The van der Waals surface area contributed by atoms with Crippen molar-refractivity contribution in [1.82, 2.24) is 10.2 Å². The molecule has 0 radical (unpaired) electrons. The predicted octanol–water partition coefficient (Wildman–Crippen LogP) is 5.01. The molecular weight excluding hydrogens is 522 g/mol. The molecular formula is C32H41N3O4S. The van der Waals surface area contributed by atoms with E-state index in [0.29, 0.717) is 18.5 Å². The summed E-state index contributed by atoms with van der Waals surface area (Å²) in [5, 5.41) is 2.99. The van der Waals surface area contributed by atoms with Gasteiger partial charge in [0.2, 0.25) is 21.8 Å². The molecule has 0 bridgehead atoms. The first-order valence-electron chi connectivity index (χ1n) is 13.7. The molecule has 1 N–H and O–H groups in total. The molecule has 3 aromatic rings. The number of nitrogens with one attached hydrogen (secondary N) is 1. The standard InChI is InChI=1S/C32H41N3O4S/c1-24(2)33-32(37)30(22-27-10-7-6-8-11-27)34(23-28-17-13-25(3)14-18-28)31(36)12-9-21-35(40(5,38)39)29-19-15-26(4)16-20-29/h6-8,10-11,13-20,24,30H,9,12,21-23H2,1-5H3,(H,33,37). The van der Waals surface area contributed by atoms with E-state index < -0.39 is 16.1 Å². The average Bonchev–Trinajstić information content (AvgIpc) is 2.90. The second-order valence-electron chi connectivity index (χ2n) is 10.7. The van der Waals surface area contributed by atoms with Gasteiger partial charge >= 0.3 is 0 Å². The van der Waals surface area contributed by atoms with Crippen molar-refractivity contribution in [3.8, 4) is 0 Å². The Hall–Kier alpha value is -3.65. The monoisotopic (exact) mass is 563 g/mol. The molecule has 0 fully saturated rings. The Morgan fingerprint density at radius 3 is 1.95 bits per heavy atom. The summed E-state index contributed by atoms with van der Waals surface area (Å²) in [4.78, 5) is 29.0. The zero-order valence-electron chi connectivity index (χ0n) is 24.1. The maximum atomic E-state index is 13.8. The summed E-state index contributed by atoms with van der Waals surface area (Å²) >= 11 is 0. The van der Waals surface area contributed by atoms with Gasteiger partial charge in [-0.05, 0) is 57.4 Å². The van der Waals surface area contributed by atoms with E-state index in [0.717, 1.165) is 22.3 Å². The summed E-state index contributed by atoms with van der Waals surface area (Å²) < 4.78 is 26.5. The van der Waals surface area contributed by atoms with Crippen molar-refractivity contribution >= 4 is 27.5 Å². The molecule has 0 saturated heterocycles. The minimum atomic E-state index is -3.54. The molecule has 0 aliphatic heterocycles. The Labute approximate surface area is 239 Å². The number of nitrogens with zero attached hydrogens (tertiary/aromatic N) is 2. The lowest BCUT2D eigenvalue weighted by molar-refractivity contribution is -0.141. The third-order valence-electron chi connectivity index (χ3n) is 6.65. The van der Waals surface area contributed by atoms with Crippen LogP contribution in [0.15, 0.2) is 78.9 Å². The van der Waals surface area contributed by atoms with Crippen LogP contribution >= 0.6 is 0 Å². The number of aryl methyl sites for hydroxylation is 2. The number of hydrogen-bond donors (Lipinski definition) is 1. The quantitative estimate of drug-likeness (QED) is 0.317. The fourth-order valence-corrected chi connectivity index (χ4v) is 5.51. The molecule has 1 unspecified atom stereocenters. The molecule has 8 heteroatoms. The van der Waals surface area contributed by atoms with Gasteiger partial charge in [0.05, 0.1) is 11.9 Å². The maximum absolute atomic E-state index is 13.8. The van der Waals surface area contributed by atoms with Gasteiger partial charge in [-0.15, -0.1) is 0 Å². The largest absolute Gasteiger partial charge is 0.352 e. The molecule has 0 heterocycles. The highest BCUT2D eigenvalue weighted by molar-refractivity contribution is 7.92. The first-order valence-corrected chi connectivity index (χ1v) is 15.5. The van der Waals surface area contributed by atoms with Crippen LogP contribution in [0.5, 0.6) is 0 Å². The molecule has 40 heavy (non-hydrogen) atoms. The van der Waals surface area contributed by atoms with E-state index in [2.05, 4.69) is 5.32 Å². The van der Waals surface area contributed by atoms with Gasteiger partial charge in [0.15, 0.2) is 0 Å². The molecule has 0 aliphatic carbocycles. The molecule has 0 aromatic heterocycles. The van der Waals surface area contributed by atoms with Crippen LogP contribution in [0.2, 0.25) is 0 Å². The summed E-state index contributed by atoms with van der Waals surface area (Å²) in [7, 11) is -3.54. The zero-order valence-corrected chi connectivity index (χ0v) is 24.9. The molecule has 1 atom stereocenters. The van der Waals surface area contributed by atoms with Gasteiger partial charge < -0.3 is 10.2 Å². The van der Waals surface area contributed by atoms with Crippen molar-refractivity contribution in [2.75, 3.05) is 17.1 Å². The second kappa shape index (κ2) is 14.1. The smallest absolute Gasteiger partial charge is 0.243 e. The average molecular weight is 564 g/mol. The Kier molecular flexibility index (Phi) is 10.9. The van der Waals surface area contributed by atoms with Crippen molar-refractivity contribution < 1.29 is 18.0 Å². The van der Waals surface area contributed by atoms with E-state index in [1.165, 1.54) is 10.6 Å². The number of hydrogen-bond acceptors (Lipinski definition) is 4. The highest BCUT2D eigenvalue weighted by Crippen LogP contribution is 2.21. The molecule has 7 nitrogen and oxygen atoms in total. The second-order valence-corrected chi connectivity index (χ2v) is 12.6. The van der Waals surface area contributed by atoms with Crippen LogP contribution in [0, 0.1) is 13.8 Å². The first-order chi connectivity index (χ1) is 18.9. The Balaban J connectivity index is 1.87. The molecule has 0 spiro atoms. The van der Waals surface area contributed by atoms with Gasteiger partial charge in [-0.1, -0.05) is 77.9 Å². The van der Waals surface area contributed by atoms with Crippen LogP contribution in [0.4, 0.5) is 5.69 Å². The van der Waals surface area contributed by atoms with Crippen molar-refractivity contribution in [1.29, 1.82) is 0 Å². The maximum Gasteiger partial charge on any atom is 0.243 e. The lowest BCUT2D eigenvalue weighted by Gasteiger charge is -2.32. The van der Waals surface area contributed by atoms with Gasteiger partial charge in [-0.3, -0.25) is 13.9 Å². The fraction of sp³-hybridized carbons (Fsp3) is 0.375. The van der Waals surface area contributed by atoms with Crippen LogP contribution in [0.1, 0.15) is 48.9 Å². The van der Waals surface area contributed by atoms with E-state index in [9.17, 15) is 18.0 Å². The van der Waals surface area contributed by atoms with E-state index in [1.54, 1.807) is 17.0 Å². The normalized spacial score (nSPS) is 12.2. The van der Waals surface area contributed by atoms with Crippen molar-refractivity contribution in [3.63, 3.8) is 0 Å². The lowest BCUT2D eigenvalue weighted by Crippen LogP contribution is -2.51. The topological polar surface area (TPSA) is 86.8 Å². The third kappa shape index (κ3) is 9.23. The summed E-state index contributed by atoms with van der Waals surface area (Å²) in [6.07, 6.45) is 1.96. The number of amides is 2. The van der Waals surface area contributed by atoms with Gasteiger partial charge in [0.25, 0.3) is 0 Å². The van der Waals surface area contributed by atoms with Crippen LogP contribution in [0.3, 0.4) is 0 Å². The van der Waals surface area contributed by atoms with Crippen LogP contribution in [-0.4, -0.2) is 50.0 Å². The van der Waals surface area contributed by atoms with E-state index in [-0.39, 0.29) is 37.4 Å². The molecule has 0 saturated carbocycles. The number of rotatable bonds is 13. The van der Waals surface area contributed by atoms with Crippen LogP contribution < -0.4 is 9.62 Å². The van der Waals surface area contributed by atoms with E-state index in [1.807, 2.05) is 94.4 Å². The number of benzene rings is 3. The first kappa shape index (κ1) is 30.9. The molecule has 214 valence electrons. The van der Waals surface area contributed by atoms with Crippen molar-refractivity contribution in [2.45, 2.75) is 65.6 Å². The third-order valence-corrected chi connectivity index (χ3v) is 7.84. The minimum Gasteiger partial charge on any atom is -0.352 e. The summed E-state index contributed by atoms with van der Waals surface area (Å²) in [5.74, 6) is -0.408. The lowest BCUT2D eigenvalue weighted by atomic mass is 10.0. The van der Waals surface area contributed by atoms with Crippen LogP contribution in [0.25, 0.3) is 0 Å². The SMILES string of the molecule is Cc1ccc(CN(C(=O)CCCN(c2ccc(C)cc2)S(C)(=O)=O)C(Cc2ccccc2)C(=O)NC(C)C)cc1. The molecule has 3 rings (SSSR count). The molecule has 2 amide bonds. The van der Waals surface area contributed by atoms with Gasteiger partial charge in [0, 0.05) is 32.0 Å². The molecule has 0 aliphatic rings. The fourth-order valence-electron chi connectivity index (χ4n) is 4.54. The van der Waals surface area contributed by atoms with Crippen LogP contribution in [-0.2, 0) is 32.6 Å². The van der Waals surface area contributed by atoms with Gasteiger partial charge in [-0.2, -0.15) is 0 Å². The summed E-state index contributed by atoms with van der Waals surface area (Å²) in [6, 6.07) is 24.1. The number of anilines is 1. The van der Waals surface area contributed by atoms with Crippen molar-refractivity contribution in [3.05, 3.63) is 101 Å². The highest BCUT2D eigenvalue weighted by atomic mass is 32.2. The Morgan fingerprint density at radius 2 is 1.40 bits per heavy atom. The minimum absolute atomic E-state index is 0.0834. The number of sulfonamides is 1. The van der Waals surface area contributed by atoms with E-state index in [4.69, 9.17) is 0 Å². The number of carbonyl (C=O) groups excluding carboxylic acids is 2. The summed E-state index contributed by atoms with van der Waals surface area (Å²) in [6.45, 7) is 8.17. The predicted molar refractivity (Wildman–Crippen MR) is 162 cm³/mol. The highest BCUT2D eigenvalue weighted by Gasteiger charge is 2.31. The molecule has 3 aromatic carbocycles. The zero-order chi connectivity index (χ0) is 29.3. The van der Waals surface area contributed by atoms with Gasteiger partial charge in [-0.25, -0.2) is 8.42 Å². The number of carbonyl (C=O) groups is 2. The Morgan fingerprint density at radius 1 is 0.825 bits per heavy atom. The van der Waals surface area contributed by atoms with Gasteiger partial charge in [0.1, 0.15) is 6.04 Å². The van der Waals surface area contributed by atoms with Crippen molar-refractivity contribution in [2.24, 2.45) is 0 Å².